The molecule has 0 unspecified atom stereocenters. The first kappa shape index (κ1) is 23.0. The molecule has 2 aromatic rings. The van der Waals surface area contributed by atoms with E-state index in [1.165, 1.54) is 53.4 Å². The van der Waals surface area contributed by atoms with Crippen molar-refractivity contribution in [3.05, 3.63) is 80.5 Å². The fraction of sp³-hybridized carbons (Fsp3) is 0.100. The number of nitrogens with one attached hydrogen (secondary N) is 2. The summed E-state index contributed by atoms with van der Waals surface area (Å²) in [4.78, 5) is 48.1. The Morgan fingerprint density at radius 1 is 1.16 bits per heavy atom. The second-order valence-electron chi connectivity index (χ2n) is 6.41. The van der Waals surface area contributed by atoms with E-state index in [4.69, 9.17) is 12.2 Å². The van der Waals surface area contributed by atoms with Gasteiger partial charge < -0.3 is 0 Å². The molecule has 0 aromatic heterocycles. The number of hydrogen-bond acceptors (Lipinski definition) is 7. The highest BCUT2D eigenvalue weighted by molar-refractivity contribution is 8.26. The number of carbonyl (C=O) groups excluding carboxylic acids is 3. The van der Waals surface area contributed by atoms with Gasteiger partial charge in [-0.25, -0.2) is 4.39 Å². The maximum atomic E-state index is 13.8. The number of hydrazine groups is 1. The molecule has 0 spiro atoms. The Hall–Kier alpha value is -3.64. The first-order valence-electron chi connectivity index (χ1n) is 9.10. The highest BCUT2D eigenvalue weighted by Crippen LogP contribution is 2.32. The summed E-state index contributed by atoms with van der Waals surface area (Å²) in [5.74, 6) is -2.15. The molecule has 0 radical (unpaired) electrons. The van der Waals surface area contributed by atoms with Gasteiger partial charge in [-0.2, -0.15) is 0 Å². The quantitative estimate of drug-likeness (QED) is 0.286. The standard InChI is InChI=1S/C20H15FN4O5S2/c21-15-4-2-1-3-13(15)11-16-19(28)24(20(31)32-16)10-9-17(26)22-23-18(27)12-5-7-14(8-6-12)25(29)30/h1-8,11H,9-10H2,(H,22,26)(H,23,27)/b16-11-. The van der Waals surface area contributed by atoms with E-state index in [9.17, 15) is 28.9 Å². The van der Waals surface area contributed by atoms with Crippen LogP contribution in [0.15, 0.2) is 53.4 Å². The molecule has 1 saturated heterocycles. The third-order valence-electron chi connectivity index (χ3n) is 4.28. The summed E-state index contributed by atoms with van der Waals surface area (Å²) in [7, 11) is 0. The molecule has 2 N–H and O–H groups in total. The van der Waals surface area contributed by atoms with Crippen molar-refractivity contribution in [1.82, 2.24) is 15.8 Å². The fourth-order valence-electron chi connectivity index (χ4n) is 2.64. The van der Waals surface area contributed by atoms with Gasteiger partial charge >= 0.3 is 0 Å². The van der Waals surface area contributed by atoms with Crippen LogP contribution >= 0.6 is 24.0 Å². The summed E-state index contributed by atoms with van der Waals surface area (Å²) in [6.07, 6.45) is 1.25. The van der Waals surface area contributed by atoms with Crippen molar-refractivity contribution in [2.75, 3.05) is 6.54 Å². The number of carbonyl (C=O) groups is 3. The molecule has 0 aliphatic carbocycles. The first-order chi connectivity index (χ1) is 15.3. The topological polar surface area (TPSA) is 122 Å². The van der Waals surface area contributed by atoms with E-state index in [-0.39, 0.29) is 39.0 Å². The Morgan fingerprint density at radius 3 is 2.50 bits per heavy atom. The lowest BCUT2D eigenvalue weighted by Gasteiger charge is -2.14. The minimum absolute atomic E-state index is 0.0293. The van der Waals surface area contributed by atoms with Crippen molar-refractivity contribution in [3.63, 3.8) is 0 Å². The van der Waals surface area contributed by atoms with Crippen molar-refractivity contribution in [1.29, 1.82) is 0 Å². The van der Waals surface area contributed by atoms with Gasteiger partial charge in [0.1, 0.15) is 10.1 Å². The molecule has 3 rings (SSSR count). The van der Waals surface area contributed by atoms with E-state index < -0.39 is 28.5 Å². The minimum atomic E-state index is -0.660. The molecule has 2 aromatic carbocycles. The molecule has 0 saturated carbocycles. The van der Waals surface area contributed by atoms with Gasteiger partial charge in [-0.05, 0) is 24.3 Å². The second kappa shape index (κ2) is 10.1. The number of halogens is 1. The molecule has 164 valence electrons. The van der Waals surface area contributed by atoms with E-state index in [0.29, 0.717) is 0 Å². The van der Waals surface area contributed by atoms with E-state index in [0.717, 1.165) is 11.8 Å². The van der Waals surface area contributed by atoms with E-state index in [1.54, 1.807) is 6.07 Å². The van der Waals surface area contributed by atoms with Crippen molar-refractivity contribution in [2.24, 2.45) is 0 Å². The van der Waals surface area contributed by atoms with Gasteiger partial charge in [0.2, 0.25) is 5.91 Å². The van der Waals surface area contributed by atoms with Crippen LogP contribution in [0.1, 0.15) is 22.3 Å². The number of rotatable bonds is 6. The zero-order chi connectivity index (χ0) is 23.3. The van der Waals surface area contributed by atoms with Crippen LogP contribution in [0.5, 0.6) is 0 Å². The molecule has 32 heavy (non-hydrogen) atoms. The van der Waals surface area contributed by atoms with Crippen LogP contribution in [-0.4, -0.2) is 38.4 Å². The summed E-state index contributed by atoms with van der Waals surface area (Å²) in [5.41, 5.74) is 4.59. The van der Waals surface area contributed by atoms with Gasteiger partial charge in [0.05, 0.1) is 9.83 Å². The maximum absolute atomic E-state index is 13.8. The average molecular weight is 474 g/mol. The van der Waals surface area contributed by atoms with Gasteiger partial charge in [0, 0.05) is 36.2 Å². The van der Waals surface area contributed by atoms with Gasteiger partial charge in [-0.3, -0.25) is 40.2 Å². The highest BCUT2D eigenvalue weighted by Gasteiger charge is 2.32. The number of amides is 3. The number of nitro groups is 1. The largest absolute Gasteiger partial charge is 0.292 e. The molecular weight excluding hydrogens is 459 g/mol. The normalized spacial score (nSPS) is 14.5. The number of thioether (sulfide) groups is 1. The molecule has 9 nitrogen and oxygen atoms in total. The van der Waals surface area contributed by atoms with Crippen LogP contribution in [0.25, 0.3) is 6.08 Å². The predicted octanol–water partition coefficient (Wildman–Crippen LogP) is 2.79. The number of thiocarbonyl (C=S) groups is 1. The Balaban J connectivity index is 1.51. The fourth-order valence-corrected chi connectivity index (χ4v) is 3.93. The SMILES string of the molecule is O=C(CCN1C(=O)/C(=C/c2ccccc2F)SC1=S)NNC(=O)c1ccc([N+](=O)[O-])cc1. The Labute approximate surface area is 190 Å². The van der Waals surface area contributed by atoms with Crippen molar-refractivity contribution in [3.8, 4) is 0 Å². The molecule has 0 atom stereocenters. The van der Waals surface area contributed by atoms with Gasteiger partial charge in [0.25, 0.3) is 17.5 Å². The lowest BCUT2D eigenvalue weighted by Crippen LogP contribution is -2.43. The Kier molecular flexibility index (Phi) is 7.28. The van der Waals surface area contributed by atoms with Crippen LogP contribution < -0.4 is 10.9 Å². The third kappa shape index (κ3) is 5.53. The lowest BCUT2D eigenvalue weighted by molar-refractivity contribution is -0.384. The zero-order valence-corrected chi connectivity index (χ0v) is 17.9. The molecule has 3 amide bonds. The summed E-state index contributed by atoms with van der Waals surface area (Å²) in [6.45, 7) is -0.0293. The number of nitrogens with zero attached hydrogens (tertiary/aromatic N) is 2. The number of benzene rings is 2. The molecule has 1 heterocycles. The summed E-state index contributed by atoms with van der Waals surface area (Å²) in [5, 5.41) is 10.6. The van der Waals surface area contributed by atoms with E-state index in [1.807, 2.05) is 0 Å². The number of hydrogen-bond donors (Lipinski definition) is 2. The van der Waals surface area contributed by atoms with E-state index >= 15 is 0 Å². The van der Waals surface area contributed by atoms with Crippen LogP contribution in [0.2, 0.25) is 0 Å². The molecule has 1 fully saturated rings. The van der Waals surface area contributed by atoms with Crippen LogP contribution in [-0.2, 0) is 9.59 Å². The smallest absolute Gasteiger partial charge is 0.269 e. The van der Waals surface area contributed by atoms with Gasteiger partial charge in [-0.1, -0.05) is 42.2 Å². The Bertz CT molecular complexity index is 1140. The first-order valence-corrected chi connectivity index (χ1v) is 10.3. The van der Waals surface area contributed by atoms with Gasteiger partial charge in [-0.15, -0.1) is 0 Å². The van der Waals surface area contributed by atoms with Gasteiger partial charge in [0.15, 0.2) is 0 Å². The monoisotopic (exact) mass is 474 g/mol. The summed E-state index contributed by atoms with van der Waals surface area (Å²) >= 11 is 6.19. The number of non-ortho nitro benzene ring substituents is 1. The van der Waals surface area contributed by atoms with Crippen LogP contribution in [0, 0.1) is 15.9 Å². The third-order valence-corrected chi connectivity index (χ3v) is 5.66. The Morgan fingerprint density at radius 2 is 1.84 bits per heavy atom. The van der Waals surface area contributed by atoms with Crippen LogP contribution in [0.3, 0.4) is 0 Å². The molecule has 1 aliphatic heterocycles. The molecule has 1 aliphatic rings. The predicted molar refractivity (Wildman–Crippen MR) is 120 cm³/mol. The average Bonchev–Trinajstić information content (AvgIpc) is 3.04. The summed E-state index contributed by atoms with van der Waals surface area (Å²) < 4.78 is 14.1. The summed E-state index contributed by atoms with van der Waals surface area (Å²) in [6, 6.07) is 10.8. The minimum Gasteiger partial charge on any atom is -0.292 e. The van der Waals surface area contributed by atoms with E-state index in [2.05, 4.69) is 10.9 Å². The molecule has 12 heteroatoms. The van der Waals surface area contributed by atoms with Crippen molar-refractivity contribution < 1.29 is 23.7 Å². The maximum Gasteiger partial charge on any atom is 0.269 e. The van der Waals surface area contributed by atoms with Crippen LogP contribution in [0.4, 0.5) is 10.1 Å². The second-order valence-corrected chi connectivity index (χ2v) is 8.09. The zero-order valence-electron chi connectivity index (χ0n) is 16.2. The van der Waals surface area contributed by atoms with Crippen molar-refractivity contribution >= 4 is 57.8 Å². The highest BCUT2D eigenvalue weighted by atomic mass is 32.2. The number of nitro benzene ring substituents is 1. The van der Waals surface area contributed by atoms with Crippen molar-refractivity contribution in [2.45, 2.75) is 6.42 Å². The lowest BCUT2D eigenvalue weighted by atomic mass is 10.2. The molecular formula is C20H15FN4O5S2. The molecule has 0 bridgehead atoms.